The van der Waals surface area contributed by atoms with Crippen molar-refractivity contribution in [1.82, 2.24) is 0 Å². The highest BCUT2D eigenvalue weighted by molar-refractivity contribution is 6.07. The van der Waals surface area contributed by atoms with Crippen LogP contribution >= 0.6 is 0 Å². The van der Waals surface area contributed by atoms with Gasteiger partial charge >= 0.3 is 6.18 Å². The number of aliphatic hydroxyl groups is 1. The fourth-order valence-electron chi connectivity index (χ4n) is 2.63. The Kier molecular flexibility index (Phi) is 4.31. The summed E-state index contributed by atoms with van der Waals surface area (Å²) in [5.41, 5.74) is -1.90. The molecule has 1 aromatic heterocycles. The average molecular weight is 367 g/mol. The number of amides is 1. The number of para-hydroxylation sites is 1. The number of rotatable bonds is 4. The molecule has 8 heteroatoms. The Balaban J connectivity index is 1.94. The minimum atomic E-state index is -4.92. The molecule has 3 rings (SSSR count). The molecule has 1 amide bonds. The topological polar surface area (TPSA) is 71.7 Å². The number of hydrogen-bond acceptors (Lipinski definition) is 4. The lowest BCUT2D eigenvalue weighted by Gasteiger charge is -2.25. The van der Waals surface area contributed by atoms with Crippen LogP contribution in [0.1, 0.15) is 13.3 Å². The number of carbonyl (C=O) groups excluding carboxylic acids is 1. The van der Waals surface area contributed by atoms with Crippen molar-refractivity contribution >= 4 is 33.5 Å². The minimum absolute atomic E-state index is 0.155. The van der Waals surface area contributed by atoms with Gasteiger partial charge in [0, 0.05) is 16.8 Å². The third kappa shape index (κ3) is 3.20. The van der Waals surface area contributed by atoms with E-state index >= 15 is 0 Å². The second-order valence-electron chi connectivity index (χ2n) is 6.14. The van der Waals surface area contributed by atoms with E-state index in [1.165, 1.54) is 13.2 Å². The highest BCUT2D eigenvalue weighted by Gasteiger charge is 2.51. The molecule has 0 saturated heterocycles. The van der Waals surface area contributed by atoms with Gasteiger partial charge in [0.25, 0.3) is 0 Å². The molecular formula is C18H16F3NO4. The molecule has 26 heavy (non-hydrogen) atoms. The van der Waals surface area contributed by atoms with E-state index in [2.05, 4.69) is 5.32 Å². The van der Waals surface area contributed by atoms with Crippen LogP contribution < -0.4 is 10.1 Å². The highest BCUT2D eigenvalue weighted by Crippen LogP contribution is 2.37. The lowest BCUT2D eigenvalue weighted by molar-refractivity contribution is -0.252. The monoisotopic (exact) mass is 367 g/mol. The number of benzene rings is 2. The van der Waals surface area contributed by atoms with E-state index in [9.17, 15) is 23.1 Å². The molecule has 2 N–H and O–H groups in total. The molecule has 0 aliphatic carbocycles. The van der Waals surface area contributed by atoms with Crippen LogP contribution in [0.15, 0.2) is 40.8 Å². The first kappa shape index (κ1) is 18.1. The maximum absolute atomic E-state index is 12.7. The number of halogens is 3. The highest BCUT2D eigenvalue weighted by atomic mass is 19.4. The Bertz CT molecular complexity index is 976. The molecule has 3 aromatic rings. The average Bonchev–Trinajstić information content (AvgIpc) is 2.89. The number of nitrogens with one attached hydrogen (secondary N) is 1. The molecule has 0 aliphatic heterocycles. The van der Waals surface area contributed by atoms with Crippen molar-refractivity contribution in [2.45, 2.75) is 25.1 Å². The number of furan rings is 1. The van der Waals surface area contributed by atoms with Gasteiger partial charge in [0.15, 0.2) is 5.60 Å². The van der Waals surface area contributed by atoms with Crippen LogP contribution in [0.3, 0.4) is 0 Å². The van der Waals surface area contributed by atoms with Crippen molar-refractivity contribution in [2.24, 2.45) is 0 Å². The van der Waals surface area contributed by atoms with Crippen LogP contribution in [0.5, 0.6) is 5.75 Å². The summed E-state index contributed by atoms with van der Waals surface area (Å²) in [6.45, 7) is 0.548. The summed E-state index contributed by atoms with van der Waals surface area (Å²) in [7, 11) is 1.38. The molecule has 0 saturated carbocycles. The third-order valence-electron chi connectivity index (χ3n) is 4.09. The van der Waals surface area contributed by atoms with Crippen LogP contribution in [-0.4, -0.2) is 29.9 Å². The third-order valence-corrected chi connectivity index (χ3v) is 4.09. The van der Waals surface area contributed by atoms with Crippen molar-refractivity contribution in [3.05, 3.63) is 36.4 Å². The minimum Gasteiger partial charge on any atom is -0.495 e. The second-order valence-corrected chi connectivity index (χ2v) is 6.14. The molecule has 0 spiro atoms. The first-order valence-electron chi connectivity index (χ1n) is 7.70. The van der Waals surface area contributed by atoms with E-state index < -0.39 is 24.1 Å². The van der Waals surface area contributed by atoms with Gasteiger partial charge in [0.05, 0.1) is 19.2 Å². The Labute approximate surface area is 146 Å². The zero-order valence-electron chi connectivity index (χ0n) is 14.0. The second kappa shape index (κ2) is 6.21. The number of alkyl halides is 3. The molecule has 0 unspecified atom stereocenters. The zero-order valence-corrected chi connectivity index (χ0v) is 14.0. The number of methoxy groups -OCH3 is 1. The number of ether oxygens (including phenoxy) is 1. The van der Waals surface area contributed by atoms with Gasteiger partial charge in [-0.1, -0.05) is 18.2 Å². The summed E-state index contributed by atoms with van der Waals surface area (Å²) in [6.07, 6.45) is -6.06. The fourth-order valence-corrected chi connectivity index (χ4v) is 2.63. The molecule has 0 fully saturated rings. The van der Waals surface area contributed by atoms with Gasteiger partial charge in [-0.3, -0.25) is 4.79 Å². The Morgan fingerprint density at radius 3 is 2.54 bits per heavy atom. The fraction of sp³-hybridized carbons (Fsp3) is 0.278. The SMILES string of the molecule is COc1cc2c(cc1NC(=O)C[C@](C)(O)C(F)(F)F)oc1ccccc12. The number of anilines is 1. The number of fused-ring (bicyclic) bond motifs is 3. The molecule has 1 atom stereocenters. The summed E-state index contributed by atoms with van der Waals surface area (Å²) in [5.74, 6) is -0.731. The maximum Gasteiger partial charge on any atom is 0.417 e. The van der Waals surface area contributed by atoms with E-state index in [1.54, 1.807) is 12.1 Å². The van der Waals surface area contributed by atoms with Crippen molar-refractivity contribution < 1.29 is 32.2 Å². The van der Waals surface area contributed by atoms with E-state index in [-0.39, 0.29) is 11.4 Å². The first-order valence-corrected chi connectivity index (χ1v) is 7.70. The van der Waals surface area contributed by atoms with Gasteiger partial charge in [0.1, 0.15) is 16.9 Å². The van der Waals surface area contributed by atoms with Crippen molar-refractivity contribution in [3.8, 4) is 5.75 Å². The van der Waals surface area contributed by atoms with Gasteiger partial charge < -0.3 is 19.6 Å². The van der Waals surface area contributed by atoms with Crippen LogP contribution in [0.2, 0.25) is 0 Å². The smallest absolute Gasteiger partial charge is 0.417 e. The van der Waals surface area contributed by atoms with Gasteiger partial charge in [-0.05, 0) is 19.1 Å². The van der Waals surface area contributed by atoms with Gasteiger partial charge in [-0.15, -0.1) is 0 Å². The molecule has 2 aromatic carbocycles. The number of hydrogen-bond donors (Lipinski definition) is 2. The van der Waals surface area contributed by atoms with E-state index in [1.807, 2.05) is 18.2 Å². The van der Waals surface area contributed by atoms with Crippen molar-refractivity contribution in [1.29, 1.82) is 0 Å². The summed E-state index contributed by atoms with van der Waals surface area (Å²) in [6, 6.07) is 10.4. The van der Waals surface area contributed by atoms with Crippen molar-refractivity contribution in [3.63, 3.8) is 0 Å². The summed E-state index contributed by atoms with van der Waals surface area (Å²) >= 11 is 0. The molecular weight excluding hydrogens is 351 g/mol. The normalized spacial score (nSPS) is 14.4. The van der Waals surface area contributed by atoms with Crippen LogP contribution in [0, 0.1) is 0 Å². The van der Waals surface area contributed by atoms with Crippen LogP contribution in [-0.2, 0) is 4.79 Å². The lowest BCUT2D eigenvalue weighted by atomic mass is 10.0. The standard InChI is InChI=1S/C18H16F3NO4/c1-17(24,18(19,20)21)9-16(23)22-12-8-14-11(7-15(12)25-2)10-5-3-4-6-13(10)26-14/h3-8,24H,9H2,1-2H3,(H,22,23)/t17-/m0/s1. The molecule has 0 bridgehead atoms. The zero-order chi connectivity index (χ0) is 19.1. The van der Waals surface area contributed by atoms with Gasteiger partial charge in [0.2, 0.25) is 5.91 Å². The van der Waals surface area contributed by atoms with Crippen molar-refractivity contribution in [2.75, 3.05) is 12.4 Å². The Morgan fingerprint density at radius 2 is 1.88 bits per heavy atom. The maximum atomic E-state index is 12.7. The predicted molar refractivity (Wildman–Crippen MR) is 90.2 cm³/mol. The molecule has 0 aliphatic rings. The Hall–Kier alpha value is -2.74. The van der Waals surface area contributed by atoms with E-state index in [0.29, 0.717) is 18.1 Å². The molecule has 5 nitrogen and oxygen atoms in total. The summed E-state index contributed by atoms with van der Waals surface area (Å²) in [5, 5.41) is 13.4. The largest absolute Gasteiger partial charge is 0.495 e. The number of carbonyl (C=O) groups is 1. The molecule has 1 heterocycles. The van der Waals surface area contributed by atoms with E-state index in [4.69, 9.17) is 9.15 Å². The van der Waals surface area contributed by atoms with Gasteiger partial charge in [-0.25, -0.2) is 0 Å². The molecule has 0 radical (unpaired) electrons. The van der Waals surface area contributed by atoms with E-state index in [0.717, 1.165) is 10.8 Å². The van der Waals surface area contributed by atoms with Gasteiger partial charge in [-0.2, -0.15) is 13.2 Å². The predicted octanol–water partition coefficient (Wildman–Crippen LogP) is 4.24. The van der Waals surface area contributed by atoms with Crippen LogP contribution in [0.25, 0.3) is 21.9 Å². The summed E-state index contributed by atoms with van der Waals surface area (Å²) < 4.78 is 49.1. The van der Waals surface area contributed by atoms with Crippen LogP contribution in [0.4, 0.5) is 18.9 Å². The quantitative estimate of drug-likeness (QED) is 0.724. The first-order chi connectivity index (χ1) is 12.1. The Morgan fingerprint density at radius 1 is 1.19 bits per heavy atom. The molecule has 138 valence electrons. The summed E-state index contributed by atoms with van der Waals surface area (Å²) in [4.78, 5) is 12.0. The lowest BCUT2D eigenvalue weighted by Crippen LogP contribution is -2.44.